The van der Waals surface area contributed by atoms with Gasteiger partial charge in [0.2, 0.25) is 0 Å². The van der Waals surface area contributed by atoms with E-state index in [-0.39, 0.29) is 0 Å². The molecule has 0 heterocycles. The maximum Gasteiger partial charge on any atom is -0.0199 e. The average molecular weight is 234 g/mol. The molecule has 1 fully saturated rings. The standard InChI is InChI=1S/C17H30/c1-2-3-4-5-6-7-8-9-10-16-13-15-11-12-17(16)14-15/h11-12,15-17H,2-10,13-14H2,1H3/t15-,16?,17-/m0/s1. The van der Waals surface area contributed by atoms with Gasteiger partial charge in [-0.1, -0.05) is 70.4 Å². The summed E-state index contributed by atoms with van der Waals surface area (Å²) in [7, 11) is 0. The van der Waals surface area contributed by atoms with Gasteiger partial charge in [-0.25, -0.2) is 0 Å². The molecule has 3 atom stereocenters. The number of unbranched alkanes of at least 4 members (excludes halogenated alkanes) is 7. The van der Waals surface area contributed by atoms with Crippen molar-refractivity contribution < 1.29 is 0 Å². The van der Waals surface area contributed by atoms with Gasteiger partial charge in [0.1, 0.15) is 0 Å². The summed E-state index contributed by atoms with van der Waals surface area (Å²) in [6.07, 6.45) is 21.2. The SMILES string of the molecule is CCCCCCCCCCC1C[C@@H]2C=C[C@H]1C2. The van der Waals surface area contributed by atoms with E-state index >= 15 is 0 Å². The Balaban J connectivity index is 1.41. The highest BCUT2D eigenvalue weighted by Gasteiger charge is 2.34. The third-order valence-electron chi connectivity index (χ3n) is 4.84. The molecule has 2 bridgehead atoms. The van der Waals surface area contributed by atoms with Crippen molar-refractivity contribution >= 4 is 0 Å². The predicted octanol–water partition coefficient (Wildman–Crippen LogP) is 5.73. The van der Waals surface area contributed by atoms with Crippen molar-refractivity contribution in [1.29, 1.82) is 0 Å². The van der Waals surface area contributed by atoms with Gasteiger partial charge in [0.25, 0.3) is 0 Å². The topological polar surface area (TPSA) is 0 Å². The number of hydrogen-bond donors (Lipinski definition) is 0. The Bertz CT molecular complexity index is 228. The van der Waals surface area contributed by atoms with Crippen LogP contribution in [0.1, 0.15) is 77.6 Å². The Hall–Kier alpha value is -0.260. The molecule has 0 aromatic rings. The molecule has 2 aliphatic rings. The zero-order chi connectivity index (χ0) is 11.9. The molecule has 0 heteroatoms. The minimum absolute atomic E-state index is 0.971. The van der Waals surface area contributed by atoms with Crippen molar-refractivity contribution in [2.75, 3.05) is 0 Å². The fraction of sp³-hybridized carbons (Fsp3) is 0.882. The number of fused-ring (bicyclic) bond motifs is 2. The Labute approximate surface area is 108 Å². The van der Waals surface area contributed by atoms with Crippen LogP contribution in [-0.2, 0) is 0 Å². The van der Waals surface area contributed by atoms with Crippen LogP contribution in [0.25, 0.3) is 0 Å². The van der Waals surface area contributed by atoms with Crippen molar-refractivity contribution in [2.45, 2.75) is 77.6 Å². The second-order valence-corrected chi connectivity index (χ2v) is 6.30. The van der Waals surface area contributed by atoms with Crippen LogP contribution in [0.4, 0.5) is 0 Å². The van der Waals surface area contributed by atoms with Crippen LogP contribution in [0, 0.1) is 17.8 Å². The van der Waals surface area contributed by atoms with Gasteiger partial charge >= 0.3 is 0 Å². The van der Waals surface area contributed by atoms with Gasteiger partial charge in [-0.05, 0) is 37.0 Å². The van der Waals surface area contributed by atoms with Gasteiger partial charge in [0.05, 0.1) is 0 Å². The van der Waals surface area contributed by atoms with Crippen molar-refractivity contribution in [2.24, 2.45) is 17.8 Å². The van der Waals surface area contributed by atoms with Crippen LogP contribution in [0.5, 0.6) is 0 Å². The summed E-state index contributed by atoms with van der Waals surface area (Å²) in [6, 6.07) is 0. The Morgan fingerprint density at radius 3 is 2.12 bits per heavy atom. The molecule has 0 N–H and O–H groups in total. The molecule has 17 heavy (non-hydrogen) atoms. The molecule has 0 radical (unpaired) electrons. The van der Waals surface area contributed by atoms with Crippen molar-refractivity contribution in [3.05, 3.63) is 12.2 Å². The summed E-state index contributed by atoms with van der Waals surface area (Å²) in [5, 5.41) is 0. The molecule has 0 nitrogen and oxygen atoms in total. The van der Waals surface area contributed by atoms with Crippen LogP contribution in [0.2, 0.25) is 0 Å². The summed E-state index contributed by atoms with van der Waals surface area (Å²) >= 11 is 0. The van der Waals surface area contributed by atoms with Gasteiger partial charge < -0.3 is 0 Å². The lowest BCUT2D eigenvalue weighted by Gasteiger charge is -2.17. The van der Waals surface area contributed by atoms with E-state index in [4.69, 9.17) is 0 Å². The van der Waals surface area contributed by atoms with Crippen molar-refractivity contribution in [1.82, 2.24) is 0 Å². The third-order valence-corrected chi connectivity index (χ3v) is 4.84. The third kappa shape index (κ3) is 4.16. The summed E-state index contributed by atoms with van der Waals surface area (Å²) < 4.78 is 0. The lowest BCUT2D eigenvalue weighted by molar-refractivity contribution is 0.393. The summed E-state index contributed by atoms with van der Waals surface area (Å²) in [5.41, 5.74) is 0. The van der Waals surface area contributed by atoms with Gasteiger partial charge in [-0.3, -0.25) is 0 Å². The van der Waals surface area contributed by atoms with E-state index in [2.05, 4.69) is 19.1 Å². The molecule has 0 aromatic carbocycles. The fourth-order valence-electron chi connectivity index (χ4n) is 3.77. The molecule has 98 valence electrons. The highest BCUT2D eigenvalue weighted by molar-refractivity contribution is 5.09. The monoisotopic (exact) mass is 234 g/mol. The first-order chi connectivity index (χ1) is 8.40. The largest absolute Gasteiger partial charge is 0.0851 e. The highest BCUT2D eigenvalue weighted by Crippen LogP contribution is 2.45. The lowest BCUT2D eigenvalue weighted by Crippen LogP contribution is -2.06. The number of allylic oxidation sites excluding steroid dienone is 2. The average Bonchev–Trinajstić information content (AvgIpc) is 2.94. The maximum absolute atomic E-state index is 2.50. The molecule has 0 aromatic heterocycles. The normalized spacial score (nSPS) is 30.3. The zero-order valence-corrected chi connectivity index (χ0v) is 11.7. The summed E-state index contributed by atoms with van der Waals surface area (Å²) in [6.45, 7) is 2.30. The summed E-state index contributed by atoms with van der Waals surface area (Å²) in [4.78, 5) is 0. The molecule has 2 aliphatic carbocycles. The van der Waals surface area contributed by atoms with E-state index in [1.165, 1.54) is 70.6 Å². The number of rotatable bonds is 9. The minimum atomic E-state index is 0.971. The van der Waals surface area contributed by atoms with E-state index in [1.54, 1.807) is 0 Å². The van der Waals surface area contributed by atoms with E-state index in [1.807, 2.05) is 0 Å². The van der Waals surface area contributed by atoms with E-state index in [0.29, 0.717) is 0 Å². The molecular formula is C17H30. The van der Waals surface area contributed by atoms with Gasteiger partial charge in [0.15, 0.2) is 0 Å². The van der Waals surface area contributed by atoms with E-state index in [0.717, 1.165) is 17.8 Å². The maximum atomic E-state index is 2.50. The first kappa shape index (κ1) is 13.2. The molecule has 0 aliphatic heterocycles. The Kier molecular flexibility index (Phi) is 5.61. The first-order valence-corrected chi connectivity index (χ1v) is 8.08. The quantitative estimate of drug-likeness (QED) is 0.353. The Morgan fingerprint density at radius 1 is 0.824 bits per heavy atom. The molecule has 1 unspecified atom stereocenters. The van der Waals surface area contributed by atoms with Gasteiger partial charge in [0, 0.05) is 0 Å². The molecule has 0 spiro atoms. The second-order valence-electron chi connectivity index (χ2n) is 6.30. The molecule has 1 saturated carbocycles. The van der Waals surface area contributed by atoms with E-state index < -0.39 is 0 Å². The van der Waals surface area contributed by atoms with Crippen LogP contribution >= 0.6 is 0 Å². The van der Waals surface area contributed by atoms with Crippen molar-refractivity contribution in [3.8, 4) is 0 Å². The fourth-order valence-corrected chi connectivity index (χ4v) is 3.77. The van der Waals surface area contributed by atoms with Gasteiger partial charge in [-0.15, -0.1) is 0 Å². The smallest absolute Gasteiger partial charge is 0.0199 e. The van der Waals surface area contributed by atoms with Crippen LogP contribution in [0.3, 0.4) is 0 Å². The highest BCUT2D eigenvalue weighted by atomic mass is 14.4. The molecule has 2 rings (SSSR count). The number of hydrogen-bond acceptors (Lipinski definition) is 0. The summed E-state index contributed by atoms with van der Waals surface area (Å²) in [5.74, 6) is 3.01. The van der Waals surface area contributed by atoms with Gasteiger partial charge in [-0.2, -0.15) is 0 Å². The van der Waals surface area contributed by atoms with Crippen LogP contribution in [0.15, 0.2) is 12.2 Å². The molecule has 0 saturated heterocycles. The lowest BCUT2D eigenvalue weighted by atomic mass is 9.88. The minimum Gasteiger partial charge on any atom is -0.0851 e. The molecular weight excluding hydrogens is 204 g/mol. The van der Waals surface area contributed by atoms with Crippen LogP contribution in [-0.4, -0.2) is 0 Å². The predicted molar refractivity (Wildman–Crippen MR) is 76.1 cm³/mol. The van der Waals surface area contributed by atoms with Crippen LogP contribution < -0.4 is 0 Å². The van der Waals surface area contributed by atoms with Crippen molar-refractivity contribution in [3.63, 3.8) is 0 Å². The first-order valence-electron chi connectivity index (χ1n) is 8.08. The molecule has 0 amide bonds. The zero-order valence-electron chi connectivity index (χ0n) is 11.7. The van der Waals surface area contributed by atoms with E-state index in [9.17, 15) is 0 Å². The Morgan fingerprint density at radius 2 is 1.53 bits per heavy atom. The second kappa shape index (κ2) is 7.24.